The highest BCUT2D eigenvalue weighted by Gasteiger charge is 2.27. The normalized spacial score (nSPS) is 16.9. The molecule has 1 aromatic rings. The SMILES string of the molecule is CNS(=O)(=O)c1ccc(/C=C/C(=O)N2CCC(C(=O)NC(C)C(C)C)CC2)cc1. The third-order valence-corrected chi connectivity index (χ3v) is 6.86. The maximum absolute atomic E-state index is 12.4. The maximum Gasteiger partial charge on any atom is 0.246 e. The van der Waals surface area contributed by atoms with Gasteiger partial charge in [-0.25, -0.2) is 13.1 Å². The monoisotopic (exact) mass is 421 g/mol. The zero-order valence-electron chi connectivity index (χ0n) is 17.5. The number of hydrogen-bond donors (Lipinski definition) is 2. The summed E-state index contributed by atoms with van der Waals surface area (Å²) in [5, 5.41) is 3.06. The standard InChI is InChI=1S/C21H31N3O4S/c1-15(2)16(3)23-21(26)18-11-13-24(14-12-18)20(25)10-7-17-5-8-19(9-6-17)29(27,28)22-4/h5-10,15-16,18,22H,11-14H2,1-4H3,(H,23,26)/b10-7+. The van der Waals surface area contributed by atoms with Gasteiger partial charge < -0.3 is 10.2 Å². The van der Waals surface area contributed by atoms with Gasteiger partial charge in [-0.3, -0.25) is 9.59 Å². The number of rotatable bonds is 7. The molecule has 0 bridgehead atoms. The van der Waals surface area contributed by atoms with Gasteiger partial charge in [0.25, 0.3) is 0 Å². The summed E-state index contributed by atoms with van der Waals surface area (Å²) in [6, 6.07) is 6.44. The molecule has 1 aliphatic rings. The van der Waals surface area contributed by atoms with E-state index in [1.165, 1.54) is 25.3 Å². The van der Waals surface area contributed by atoms with Crippen molar-refractivity contribution in [3.63, 3.8) is 0 Å². The van der Waals surface area contributed by atoms with Gasteiger partial charge in [0.2, 0.25) is 21.8 Å². The van der Waals surface area contributed by atoms with Gasteiger partial charge >= 0.3 is 0 Å². The molecule has 0 spiro atoms. The van der Waals surface area contributed by atoms with Crippen molar-refractivity contribution in [2.75, 3.05) is 20.1 Å². The Bertz CT molecular complexity index is 839. The Labute approximate surface area is 173 Å². The van der Waals surface area contributed by atoms with Gasteiger partial charge in [-0.1, -0.05) is 26.0 Å². The molecule has 29 heavy (non-hydrogen) atoms. The molecule has 1 unspecified atom stereocenters. The van der Waals surface area contributed by atoms with E-state index in [1.807, 2.05) is 6.92 Å². The second kappa shape index (κ2) is 10.0. The van der Waals surface area contributed by atoms with Crippen LogP contribution in [-0.4, -0.2) is 51.3 Å². The van der Waals surface area contributed by atoms with Gasteiger partial charge in [-0.05, 0) is 56.5 Å². The Kier molecular flexibility index (Phi) is 7.98. The highest BCUT2D eigenvalue weighted by Crippen LogP contribution is 2.19. The Morgan fingerprint density at radius 2 is 1.69 bits per heavy atom. The predicted molar refractivity (Wildman–Crippen MR) is 113 cm³/mol. The number of carbonyl (C=O) groups is 2. The van der Waals surface area contributed by atoms with E-state index in [4.69, 9.17) is 0 Å². The minimum atomic E-state index is -3.47. The topological polar surface area (TPSA) is 95.6 Å². The van der Waals surface area contributed by atoms with E-state index in [0.717, 1.165) is 5.56 Å². The summed E-state index contributed by atoms with van der Waals surface area (Å²) in [4.78, 5) is 26.7. The van der Waals surface area contributed by atoms with E-state index in [-0.39, 0.29) is 28.7 Å². The average molecular weight is 422 g/mol. The number of hydrogen-bond acceptors (Lipinski definition) is 4. The maximum atomic E-state index is 12.4. The van der Waals surface area contributed by atoms with Crippen molar-refractivity contribution in [2.24, 2.45) is 11.8 Å². The summed E-state index contributed by atoms with van der Waals surface area (Å²) in [7, 11) is -2.11. The molecule has 1 aromatic carbocycles. The van der Waals surface area contributed by atoms with Crippen molar-refractivity contribution < 1.29 is 18.0 Å². The fourth-order valence-electron chi connectivity index (χ4n) is 3.02. The number of nitrogens with zero attached hydrogens (tertiary/aromatic N) is 1. The first-order valence-electron chi connectivity index (χ1n) is 9.95. The van der Waals surface area contributed by atoms with E-state index >= 15 is 0 Å². The van der Waals surface area contributed by atoms with Crippen LogP contribution < -0.4 is 10.0 Å². The Balaban J connectivity index is 1.87. The minimum absolute atomic E-state index is 0.0501. The average Bonchev–Trinajstić information content (AvgIpc) is 2.72. The zero-order chi connectivity index (χ0) is 21.6. The van der Waals surface area contributed by atoms with E-state index in [1.54, 1.807) is 23.1 Å². The molecule has 1 atom stereocenters. The predicted octanol–water partition coefficient (Wildman–Crippen LogP) is 2.01. The number of nitrogens with one attached hydrogen (secondary N) is 2. The summed E-state index contributed by atoms with van der Waals surface area (Å²) in [6.45, 7) is 7.26. The molecular weight excluding hydrogens is 390 g/mol. The molecule has 160 valence electrons. The molecule has 0 aromatic heterocycles. The molecule has 2 amide bonds. The highest BCUT2D eigenvalue weighted by molar-refractivity contribution is 7.89. The van der Waals surface area contributed by atoms with Crippen LogP contribution in [0.3, 0.4) is 0 Å². The van der Waals surface area contributed by atoms with Crippen LogP contribution in [0.1, 0.15) is 39.2 Å². The molecule has 8 heteroatoms. The molecule has 1 heterocycles. The molecule has 0 saturated carbocycles. The fourth-order valence-corrected chi connectivity index (χ4v) is 3.75. The largest absolute Gasteiger partial charge is 0.353 e. The van der Waals surface area contributed by atoms with Crippen LogP contribution in [0.5, 0.6) is 0 Å². The van der Waals surface area contributed by atoms with Crippen molar-refractivity contribution in [1.29, 1.82) is 0 Å². The van der Waals surface area contributed by atoms with Gasteiger partial charge in [0.1, 0.15) is 0 Å². The van der Waals surface area contributed by atoms with Gasteiger partial charge in [0.15, 0.2) is 0 Å². The first-order chi connectivity index (χ1) is 13.6. The minimum Gasteiger partial charge on any atom is -0.353 e. The van der Waals surface area contributed by atoms with Crippen molar-refractivity contribution in [3.8, 4) is 0 Å². The van der Waals surface area contributed by atoms with Crippen LogP contribution in [0.2, 0.25) is 0 Å². The lowest BCUT2D eigenvalue weighted by Crippen LogP contribution is -2.45. The highest BCUT2D eigenvalue weighted by atomic mass is 32.2. The molecule has 1 fully saturated rings. The van der Waals surface area contributed by atoms with E-state index in [9.17, 15) is 18.0 Å². The van der Waals surface area contributed by atoms with Gasteiger partial charge in [-0.15, -0.1) is 0 Å². The summed E-state index contributed by atoms with van der Waals surface area (Å²) in [6.07, 6.45) is 4.48. The molecule has 1 aliphatic heterocycles. The number of piperidine rings is 1. The third kappa shape index (κ3) is 6.40. The Morgan fingerprint density at radius 3 is 2.21 bits per heavy atom. The first kappa shape index (κ1) is 23.1. The van der Waals surface area contributed by atoms with Crippen LogP contribution in [0.25, 0.3) is 6.08 Å². The first-order valence-corrected chi connectivity index (χ1v) is 11.4. The van der Waals surface area contributed by atoms with Crippen LogP contribution in [-0.2, 0) is 19.6 Å². The lowest BCUT2D eigenvalue weighted by atomic mass is 9.94. The van der Waals surface area contributed by atoms with E-state index in [0.29, 0.717) is 31.8 Å². The lowest BCUT2D eigenvalue weighted by molar-refractivity contribution is -0.132. The fraction of sp³-hybridized carbons (Fsp3) is 0.524. The van der Waals surface area contributed by atoms with Gasteiger partial charge in [0.05, 0.1) is 4.90 Å². The van der Waals surface area contributed by atoms with Crippen LogP contribution in [0.15, 0.2) is 35.2 Å². The molecular formula is C21H31N3O4S. The molecule has 0 aliphatic carbocycles. The summed E-state index contributed by atoms with van der Waals surface area (Å²) in [5.74, 6) is 0.306. The van der Waals surface area contributed by atoms with Crippen molar-refractivity contribution >= 4 is 27.9 Å². The second-order valence-corrected chi connectivity index (χ2v) is 9.64. The Hall–Kier alpha value is -2.19. The molecule has 0 radical (unpaired) electrons. The molecule has 7 nitrogen and oxygen atoms in total. The summed E-state index contributed by atoms with van der Waals surface area (Å²) in [5.41, 5.74) is 0.741. The molecule has 2 rings (SSSR count). The van der Waals surface area contributed by atoms with Crippen molar-refractivity contribution in [2.45, 2.75) is 44.6 Å². The van der Waals surface area contributed by atoms with Crippen LogP contribution >= 0.6 is 0 Å². The molecule has 1 saturated heterocycles. The smallest absolute Gasteiger partial charge is 0.246 e. The van der Waals surface area contributed by atoms with E-state index < -0.39 is 10.0 Å². The van der Waals surface area contributed by atoms with Crippen LogP contribution in [0.4, 0.5) is 0 Å². The van der Waals surface area contributed by atoms with Crippen molar-refractivity contribution in [1.82, 2.24) is 14.9 Å². The van der Waals surface area contributed by atoms with E-state index in [2.05, 4.69) is 23.9 Å². The van der Waals surface area contributed by atoms with Gasteiger partial charge in [0, 0.05) is 31.1 Å². The Morgan fingerprint density at radius 1 is 1.10 bits per heavy atom. The third-order valence-electron chi connectivity index (χ3n) is 5.42. The summed E-state index contributed by atoms with van der Waals surface area (Å²) < 4.78 is 25.7. The molecule has 2 N–H and O–H groups in total. The number of carbonyl (C=O) groups excluding carboxylic acids is 2. The zero-order valence-corrected chi connectivity index (χ0v) is 18.3. The van der Waals surface area contributed by atoms with Crippen molar-refractivity contribution in [3.05, 3.63) is 35.9 Å². The number of benzene rings is 1. The second-order valence-electron chi connectivity index (χ2n) is 7.75. The number of likely N-dealkylation sites (tertiary alicyclic amines) is 1. The van der Waals surface area contributed by atoms with Crippen LogP contribution in [0, 0.1) is 11.8 Å². The van der Waals surface area contributed by atoms with Gasteiger partial charge in [-0.2, -0.15) is 0 Å². The summed E-state index contributed by atoms with van der Waals surface area (Å²) >= 11 is 0. The lowest BCUT2D eigenvalue weighted by Gasteiger charge is -2.31. The number of amides is 2. The quantitative estimate of drug-likeness (QED) is 0.659. The number of sulfonamides is 1.